The van der Waals surface area contributed by atoms with Crippen LogP contribution < -0.4 is 5.32 Å². The summed E-state index contributed by atoms with van der Waals surface area (Å²) in [7, 11) is 0. The first-order valence-corrected chi connectivity index (χ1v) is 8.68. The van der Waals surface area contributed by atoms with Crippen molar-refractivity contribution in [2.45, 2.75) is 26.8 Å². The highest BCUT2D eigenvalue weighted by atomic mass is 16.3. The number of rotatable bonds is 4. The van der Waals surface area contributed by atoms with Gasteiger partial charge in [-0.05, 0) is 51.1 Å². The number of carbonyl (C=O) groups is 1. The molecule has 0 atom stereocenters. The van der Waals surface area contributed by atoms with Gasteiger partial charge < -0.3 is 9.73 Å². The summed E-state index contributed by atoms with van der Waals surface area (Å²) < 4.78 is 7.12. The highest BCUT2D eigenvalue weighted by Gasteiger charge is 2.15. The summed E-state index contributed by atoms with van der Waals surface area (Å²) in [6.45, 7) is 5.93. The van der Waals surface area contributed by atoms with E-state index in [1.165, 1.54) is 6.39 Å². The van der Waals surface area contributed by atoms with Crippen LogP contribution in [-0.2, 0) is 0 Å². The molecule has 0 bridgehead atoms. The molecule has 4 rings (SSSR count). The Kier molecular flexibility index (Phi) is 4.19. The fourth-order valence-electron chi connectivity index (χ4n) is 2.95. The van der Waals surface area contributed by atoms with E-state index in [1.54, 1.807) is 12.4 Å². The lowest BCUT2D eigenvalue weighted by Gasteiger charge is -2.10. The van der Waals surface area contributed by atoms with Crippen molar-refractivity contribution >= 4 is 22.6 Å². The average Bonchev–Trinajstić information content (AvgIpc) is 3.31. The lowest BCUT2D eigenvalue weighted by molar-refractivity contribution is 0.102. The minimum absolute atomic E-state index is 0.202. The summed E-state index contributed by atoms with van der Waals surface area (Å²) in [5.41, 5.74) is 3.58. The SMILES string of the molecule is Cc1nc2c(cnn2C(C)C)cc1C(=O)Nc1ccc(-c2cnco2)cc1. The second-order valence-electron chi connectivity index (χ2n) is 6.61. The molecule has 3 aromatic heterocycles. The molecule has 0 aliphatic heterocycles. The number of benzene rings is 1. The third kappa shape index (κ3) is 3.19. The first-order chi connectivity index (χ1) is 13.0. The van der Waals surface area contributed by atoms with Gasteiger partial charge in [0.15, 0.2) is 17.8 Å². The third-order valence-corrected chi connectivity index (χ3v) is 4.35. The standard InChI is InChI=1S/C20H19N5O2/c1-12(2)25-19-15(9-22-25)8-17(13(3)23-19)20(26)24-16-6-4-14(5-7-16)18-10-21-11-27-18/h4-12H,1-3H3,(H,24,26). The molecule has 7 nitrogen and oxygen atoms in total. The van der Waals surface area contributed by atoms with Crippen LogP contribution in [0.5, 0.6) is 0 Å². The molecule has 136 valence electrons. The molecule has 3 heterocycles. The first-order valence-electron chi connectivity index (χ1n) is 8.68. The van der Waals surface area contributed by atoms with Crippen LogP contribution in [0, 0.1) is 6.92 Å². The maximum Gasteiger partial charge on any atom is 0.257 e. The highest BCUT2D eigenvalue weighted by molar-refractivity contribution is 6.06. The highest BCUT2D eigenvalue weighted by Crippen LogP contribution is 2.23. The number of fused-ring (bicyclic) bond motifs is 1. The molecule has 1 amide bonds. The number of pyridine rings is 1. The van der Waals surface area contributed by atoms with Crippen molar-refractivity contribution in [1.29, 1.82) is 0 Å². The van der Waals surface area contributed by atoms with Crippen molar-refractivity contribution in [3.8, 4) is 11.3 Å². The second kappa shape index (κ2) is 6.68. The Labute approximate surface area is 156 Å². The van der Waals surface area contributed by atoms with Crippen molar-refractivity contribution in [2.24, 2.45) is 0 Å². The van der Waals surface area contributed by atoms with Crippen molar-refractivity contribution < 1.29 is 9.21 Å². The van der Waals surface area contributed by atoms with Crippen molar-refractivity contribution in [2.75, 3.05) is 5.32 Å². The monoisotopic (exact) mass is 361 g/mol. The number of aromatic nitrogens is 4. The van der Waals surface area contributed by atoms with Gasteiger partial charge in [-0.3, -0.25) is 4.79 Å². The average molecular weight is 361 g/mol. The van der Waals surface area contributed by atoms with Gasteiger partial charge in [0.1, 0.15) is 0 Å². The number of anilines is 1. The minimum Gasteiger partial charge on any atom is -0.444 e. The summed E-state index contributed by atoms with van der Waals surface area (Å²) >= 11 is 0. The molecule has 0 fully saturated rings. The van der Waals surface area contributed by atoms with E-state index in [-0.39, 0.29) is 11.9 Å². The predicted molar refractivity (Wildman–Crippen MR) is 103 cm³/mol. The molecule has 0 radical (unpaired) electrons. The van der Waals surface area contributed by atoms with Gasteiger partial charge >= 0.3 is 0 Å². The smallest absolute Gasteiger partial charge is 0.257 e. The fourth-order valence-corrected chi connectivity index (χ4v) is 2.95. The normalized spacial score (nSPS) is 11.3. The summed E-state index contributed by atoms with van der Waals surface area (Å²) in [4.78, 5) is 21.2. The van der Waals surface area contributed by atoms with Crippen LogP contribution in [0.3, 0.4) is 0 Å². The molecular formula is C20H19N5O2. The molecule has 4 aromatic rings. The molecule has 0 saturated carbocycles. The largest absolute Gasteiger partial charge is 0.444 e. The van der Waals surface area contributed by atoms with Crippen LogP contribution >= 0.6 is 0 Å². The summed E-state index contributed by atoms with van der Waals surface area (Å²) in [6, 6.07) is 9.44. The fraction of sp³-hybridized carbons (Fsp3) is 0.200. The molecule has 0 spiro atoms. The quantitative estimate of drug-likeness (QED) is 0.588. The number of carbonyl (C=O) groups excluding carboxylic acids is 1. The van der Waals surface area contributed by atoms with E-state index in [4.69, 9.17) is 4.42 Å². The first kappa shape index (κ1) is 17.0. The topological polar surface area (TPSA) is 85.8 Å². The van der Waals surface area contributed by atoms with Crippen molar-refractivity contribution in [3.05, 3.63) is 60.4 Å². The maximum atomic E-state index is 12.7. The number of nitrogens with one attached hydrogen (secondary N) is 1. The summed E-state index contributed by atoms with van der Waals surface area (Å²) in [5, 5.41) is 8.12. The van der Waals surface area contributed by atoms with Gasteiger partial charge in [-0.15, -0.1) is 0 Å². The van der Waals surface area contributed by atoms with Gasteiger partial charge in [0.05, 0.1) is 23.7 Å². The number of amides is 1. The Balaban J connectivity index is 1.58. The van der Waals surface area contributed by atoms with Gasteiger partial charge in [-0.25, -0.2) is 14.6 Å². The number of nitrogens with zero attached hydrogens (tertiary/aromatic N) is 4. The van der Waals surface area contributed by atoms with E-state index >= 15 is 0 Å². The molecular weight excluding hydrogens is 342 g/mol. The Morgan fingerprint density at radius 1 is 1.19 bits per heavy atom. The zero-order chi connectivity index (χ0) is 19.0. The Morgan fingerprint density at radius 3 is 2.63 bits per heavy atom. The van der Waals surface area contributed by atoms with Crippen molar-refractivity contribution in [1.82, 2.24) is 19.7 Å². The van der Waals surface area contributed by atoms with Crippen LogP contribution in [0.4, 0.5) is 5.69 Å². The van der Waals surface area contributed by atoms with E-state index in [1.807, 2.05) is 55.8 Å². The molecule has 7 heteroatoms. The minimum atomic E-state index is -0.202. The third-order valence-electron chi connectivity index (χ3n) is 4.35. The van der Waals surface area contributed by atoms with Crippen LogP contribution in [0.2, 0.25) is 0 Å². The van der Waals surface area contributed by atoms with E-state index in [2.05, 4.69) is 20.4 Å². The lowest BCUT2D eigenvalue weighted by atomic mass is 10.1. The van der Waals surface area contributed by atoms with Gasteiger partial charge in [0.2, 0.25) is 0 Å². The molecule has 27 heavy (non-hydrogen) atoms. The van der Waals surface area contributed by atoms with Crippen LogP contribution in [0.1, 0.15) is 35.9 Å². The Bertz CT molecular complexity index is 1100. The Hall–Kier alpha value is -3.48. The zero-order valence-electron chi connectivity index (χ0n) is 15.3. The van der Waals surface area contributed by atoms with Gasteiger partial charge in [0, 0.05) is 22.7 Å². The van der Waals surface area contributed by atoms with Gasteiger partial charge in [-0.1, -0.05) is 0 Å². The van der Waals surface area contributed by atoms with Crippen LogP contribution in [-0.4, -0.2) is 25.7 Å². The van der Waals surface area contributed by atoms with E-state index in [9.17, 15) is 4.79 Å². The number of hydrogen-bond acceptors (Lipinski definition) is 5. The lowest BCUT2D eigenvalue weighted by Crippen LogP contribution is -2.14. The molecule has 0 unspecified atom stereocenters. The van der Waals surface area contributed by atoms with Gasteiger partial charge in [-0.2, -0.15) is 5.10 Å². The Morgan fingerprint density at radius 2 is 1.96 bits per heavy atom. The second-order valence-corrected chi connectivity index (χ2v) is 6.61. The number of oxazole rings is 1. The van der Waals surface area contributed by atoms with E-state index in [0.29, 0.717) is 22.7 Å². The molecule has 0 aliphatic carbocycles. The molecule has 0 saturated heterocycles. The summed E-state index contributed by atoms with van der Waals surface area (Å²) in [5.74, 6) is 0.479. The zero-order valence-corrected chi connectivity index (χ0v) is 15.3. The van der Waals surface area contributed by atoms with Crippen molar-refractivity contribution in [3.63, 3.8) is 0 Å². The van der Waals surface area contributed by atoms with Crippen LogP contribution in [0.15, 0.2) is 53.5 Å². The number of aryl methyl sites for hydroxylation is 1. The van der Waals surface area contributed by atoms with Crippen LogP contribution in [0.25, 0.3) is 22.4 Å². The van der Waals surface area contributed by atoms with Gasteiger partial charge in [0.25, 0.3) is 5.91 Å². The summed E-state index contributed by atoms with van der Waals surface area (Å²) in [6.07, 6.45) is 4.78. The number of hydrogen-bond donors (Lipinski definition) is 1. The molecule has 0 aliphatic rings. The predicted octanol–water partition coefficient (Wildman–Crippen LogP) is 4.23. The maximum absolute atomic E-state index is 12.7. The van der Waals surface area contributed by atoms with E-state index < -0.39 is 0 Å². The van der Waals surface area contributed by atoms with E-state index in [0.717, 1.165) is 16.6 Å². The molecule has 1 N–H and O–H groups in total. The molecule has 1 aromatic carbocycles.